The van der Waals surface area contributed by atoms with Crippen LogP contribution in [0.15, 0.2) is 24.3 Å². The molecule has 5 nitrogen and oxygen atoms in total. The highest BCUT2D eigenvalue weighted by Crippen LogP contribution is 2.24. The molecule has 0 aliphatic heterocycles. The Morgan fingerprint density at radius 2 is 2.16 bits per heavy atom. The number of nitrogen functional groups attached to an aromatic ring is 1. The van der Waals surface area contributed by atoms with Crippen LogP contribution in [0.1, 0.15) is 18.2 Å². The van der Waals surface area contributed by atoms with Crippen LogP contribution in [-0.2, 0) is 6.54 Å². The first kappa shape index (κ1) is 13.3. The van der Waals surface area contributed by atoms with E-state index in [-0.39, 0.29) is 0 Å². The lowest BCUT2D eigenvalue weighted by molar-refractivity contribution is 0.338. The Balaban J connectivity index is 2.10. The standard InChI is InChI=1S/C14H20N4O/c1-4-19-13-6-5-12(7-10(13)2)18(3)9-11-8-14(15)17-16-11/h5-8H,4,9H2,1-3H3,(H3,15,16,17). The molecule has 19 heavy (non-hydrogen) atoms. The van der Waals surface area contributed by atoms with Crippen LogP contribution in [0.4, 0.5) is 11.5 Å². The van der Waals surface area contributed by atoms with Gasteiger partial charge in [-0.25, -0.2) is 0 Å². The Morgan fingerprint density at radius 1 is 1.37 bits per heavy atom. The van der Waals surface area contributed by atoms with Crippen LogP contribution in [0.5, 0.6) is 5.75 Å². The Labute approximate surface area is 113 Å². The number of nitrogens with one attached hydrogen (secondary N) is 1. The smallest absolute Gasteiger partial charge is 0.145 e. The van der Waals surface area contributed by atoms with Gasteiger partial charge in [0.1, 0.15) is 11.6 Å². The minimum absolute atomic E-state index is 0.520. The zero-order valence-corrected chi connectivity index (χ0v) is 11.6. The molecule has 0 aliphatic rings. The number of H-pyrrole nitrogens is 1. The van der Waals surface area contributed by atoms with E-state index in [1.165, 1.54) is 0 Å². The number of aryl methyl sites for hydroxylation is 1. The maximum absolute atomic E-state index is 5.59. The van der Waals surface area contributed by atoms with Crippen LogP contribution < -0.4 is 15.4 Å². The van der Waals surface area contributed by atoms with Gasteiger partial charge in [-0.1, -0.05) is 0 Å². The van der Waals surface area contributed by atoms with Gasteiger partial charge < -0.3 is 15.4 Å². The summed E-state index contributed by atoms with van der Waals surface area (Å²) >= 11 is 0. The number of anilines is 2. The average molecular weight is 260 g/mol. The Hall–Kier alpha value is -2.17. The molecule has 2 aromatic rings. The third kappa shape index (κ3) is 3.19. The van der Waals surface area contributed by atoms with Crippen molar-refractivity contribution in [2.75, 3.05) is 24.3 Å². The molecule has 3 N–H and O–H groups in total. The van der Waals surface area contributed by atoms with Gasteiger partial charge in [0.05, 0.1) is 18.8 Å². The Kier molecular flexibility index (Phi) is 3.94. The fourth-order valence-corrected chi connectivity index (χ4v) is 2.00. The molecular weight excluding hydrogens is 240 g/mol. The molecule has 1 heterocycles. The molecule has 1 aromatic carbocycles. The largest absolute Gasteiger partial charge is 0.494 e. The van der Waals surface area contributed by atoms with Gasteiger partial charge in [0.25, 0.3) is 0 Å². The zero-order valence-electron chi connectivity index (χ0n) is 11.6. The van der Waals surface area contributed by atoms with Crippen LogP contribution in [0.25, 0.3) is 0 Å². The van der Waals surface area contributed by atoms with Gasteiger partial charge in [-0.15, -0.1) is 0 Å². The summed E-state index contributed by atoms with van der Waals surface area (Å²) in [6.45, 7) is 5.46. The van der Waals surface area contributed by atoms with Gasteiger partial charge in [-0.05, 0) is 37.6 Å². The quantitative estimate of drug-likeness (QED) is 0.866. The summed E-state index contributed by atoms with van der Waals surface area (Å²) in [5.74, 6) is 1.46. The maximum Gasteiger partial charge on any atom is 0.145 e. The van der Waals surface area contributed by atoms with Gasteiger partial charge in [0.15, 0.2) is 0 Å². The monoisotopic (exact) mass is 260 g/mol. The molecule has 0 aliphatic carbocycles. The molecule has 5 heteroatoms. The van der Waals surface area contributed by atoms with Gasteiger partial charge >= 0.3 is 0 Å². The molecule has 0 atom stereocenters. The molecule has 0 amide bonds. The number of ether oxygens (including phenoxy) is 1. The molecule has 102 valence electrons. The summed E-state index contributed by atoms with van der Waals surface area (Å²) in [5, 5.41) is 6.84. The van der Waals surface area contributed by atoms with Gasteiger partial charge in [0.2, 0.25) is 0 Å². The number of hydrogen-bond donors (Lipinski definition) is 2. The van der Waals surface area contributed by atoms with Crippen LogP contribution in [0.3, 0.4) is 0 Å². The second-order valence-corrected chi connectivity index (χ2v) is 4.56. The van der Waals surface area contributed by atoms with Crippen molar-refractivity contribution in [1.82, 2.24) is 10.2 Å². The second kappa shape index (κ2) is 5.65. The lowest BCUT2D eigenvalue weighted by atomic mass is 10.2. The maximum atomic E-state index is 5.59. The van der Waals surface area contributed by atoms with Crippen molar-refractivity contribution in [2.24, 2.45) is 0 Å². The molecule has 0 spiro atoms. The van der Waals surface area contributed by atoms with Crippen molar-refractivity contribution in [3.8, 4) is 5.75 Å². The number of aromatic nitrogens is 2. The average Bonchev–Trinajstić information content (AvgIpc) is 2.77. The van der Waals surface area contributed by atoms with E-state index in [4.69, 9.17) is 10.5 Å². The molecule has 0 radical (unpaired) electrons. The van der Waals surface area contributed by atoms with E-state index in [0.717, 1.165) is 29.2 Å². The van der Waals surface area contributed by atoms with E-state index < -0.39 is 0 Å². The summed E-state index contributed by atoms with van der Waals surface area (Å²) in [4.78, 5) is 2.13. The fourth-order valence-electron chi connectivity index (χ4n) is 2.00. The highest BCUT2D eigenvalue weighted by atomic mass is 16.5. The van der Waals surface area contributed by atoms with Crippen molar-refractivity contribution < 1.29 is 4.74 Å². The fraction of sp³-hybridized carbons (Fsp3) is 0.357. The van der Waals surface area contributed by atoms with E-state index in [0.29, 0.717) is 12.4 Å². The topological polar surface area (TPSA) is 67.2 Å². The highest BCUT2D eigenvalue weighted by molar-refractivity contribution is 5.52. The van der Waals surface area contributed by atoms with Crippen LogP contribution in [0, 0.1) is 6.92 Å². The highest BCUT2D eigenvalue weighted by Gasteiger charge is 2.07. The summed E-state index contributed by atoms with van der Waals surface area (Å²) < 4.78 is 5.54. The third-order valence-corrected chi connectivity index (χ3v) is 2.96. The van der Waals surface area contributed by atoms with E-state index in [9.17, 15) is 0 Å². The third-order valence-electron chi connectivity index (χ3n) is 2.96. The SMILES string of the molecule is CCOc1ccc(N(C)Cc2cc(N)n[nH]2)cc1C. The first-order valence-electron chi connectivity index (χ1n) is 6.34. The summed E-state index contributed by atoms with van der Waals surface area (Å²) in [5.41, 5.74) is 8.85. The molecule has 0 bridgehead atoms. The molecule has 0 saturated carbocycles. The Bertz CT molecular complexity index is 550. The first-order valence-corrected chi connectivity index (χ1v) is 6.34. The zero-order chi connectivity index (χ0) is 13.8. The van der Waals surface area contributed by atoms with E-state index >= 15 is 0 Å². The van der Waals surface area contributed by atoms with Crippen molar-refractivity contribution in [3.63, 3.8) is 0 Å². The minimum Gasteiger partial charge on any atom is -0.494 e. The van der Waals surface area contributed by atoms with Gasteiger partial charge in [-0.2, -0.15) is 5.10 Å². The van der Waals surface area contributed by atoms with E-state index in [2.05, 4.69) is 34.2 Å². The van der Waals surface area contributed by atoms with Crippen molar-refractivity contribution >= 4 is 11.5 Å². The van der Waals surface area contributed by atoms with Crippen molar-refractivity contribution in [1.29, 1.82) is 0 Å². The molecule has 0 saturated heterocycles. The molecule has 0 unspecified atom stereocenters. The van der Waals surface area contributed by atoms with Crippen LogP contribution in [-0.4, -0.2) is 23.9 Å². The van der Waals surface area contributed by atoms with Crippen LogP contribution in [0.2, 0.25) is 0 Å². The molecule has 1 aromatic heterocycles. The summed E-state index contributed by atoms with van der Waals surface area (Å²) in [6, 6.07) is 8.02. The predicted molar refractivity (Wildman–Crippen MR) is 77.5 cm³/mol. The lowest BCUT2D eigenvalue weighted by Crippen LogP contribution is -2.16. The van der Waals surface area contributed by atoms with Gasteiger partial charge in [0, 0.05) is 18.8 Å². The predicted octanol–water partition coefficient (Wildman–Crippen LogP) is 2.34. The van der Waals surface area contributed by atoms with Crippen LogP contribution >= 0.6 is 0 Å². The second-order valence-electron chi connectivity index (χ2n) is 4.56. The molecule has 2 rings (SSSR count). The lowest BCUT2D eigenvalue weighted by Gasteiger charge is -2.19. The normalized spacial score (nSPS) is 10.5. The number of hydrogen-bond acceptors (Lipinski definition) is 4. The summed E-state index contributed by atoms with van der Waals surface area (Å²) in [6.07, 6.45) is 0. The number of nitrogens with zero attached hydrogens (tertiary/aromatic N) is 2. The molecule has 0 fully saturated rings. The van der Waals surface area contributed by atoms with E-state index in [1.54, 1.807) is 0 Å². The molecular formula is C14H20N4O. The van der Waals surface area contributed by atoms with Crippen molar-refractivity contribution in [2.45, 2.75) is 20.4 Å². The summed E-state index contributed by atoms with van der Waals surface area (Å²) in [7, 11) is 2.03. The first-order chi connectivity index (χ1) is 9.10. The number of aromatic amines is 1. The number of rotatable bonds is 5. The Morgan fingerprint density at radius 3 is 2.74 bits per heavy atom. The van der Waals surface area contributed by atoms with Crippen molar-refractivity contribution in [3.05, 3.63) is 35.5 Å². The number of nitrogens with two attached hydrogens (primary N) is 1. The minimum atomic E-state index is 0.520. The van der Waals surface area contributed by atoms with Gasteiger partial charge in [-0.3, -0.25) is 5.10 Å². The van der Waals surface area contributed by atoms with E-state index in [1.807, 2.05) is 26.1 Å². The number of benzene rings is 1.